The van der Waals surface area contributed by atoms with Crippen LogP contribution in [0.2, 0.25) is 18.1 Å². The summed E-state index contributed by atoms with van der Waals surface area (Å²) in [6, 6.07) is 0. The lowest BCUT2D eigenvalue weighted by Crippen LogP contribution is -2.48. The number of rotatable bonds is 7. The fourth-order valence-corrected chi connectivity index (χ4v) is 3.47. The largest absolute Gasteiger partial charge is 0.412 e. The van der Waals surface area contributed by atoms with E-state index in [1.54, 1.807) is 14.0 Å². The monoisotopic (exact) mass is 300 g/mol. The van der Waals surface area contributed by atoms with Gasteiger partial charge in [-0.3, -0.25) is 4.79 Å². The Morgan fingerprint density at radius 1 is 1.20 bits per heavy atom. The second-order valence-electron chi connectivity index (χ2n) is 7.22. The molecule has 0 amide bonds. The molecule has 0 N–H and O–H groups in total. The molecule has 0 aliphatic rings. The summed E-state index contributed by atoms with van der Waals surface area (Å²) in [6.45, 7) is 20.4. The first-order valence-electron chi connectivity index (χ1n) is 7.25. The Hall–Kier alpha value is -0.453. The number of ether oxygens (including phenoxy) is 1. The minimum atomic E-state index is -1.87. The molecule has 118 valence electrons. The highest BCUT2D eigenvalue weighted by atomic mass is 28.4. The van der Waals surface area contributed by atoms with Gasteiger partial charge in [-0.25, -0.2) is 0 Å². The van der Waals surface area contributed by atoms with E-state index >= 15 is 0 Å². The van der Waals surface area contributed by atoms with Crippen LogP contribution in [0.4, 0.5) is 0 Å². The van der Waals surface area contributed by atoms with E-state index in [9.17, 15) is 4.79 Å². The minimum absolute atomic E-state index is 0.0440. The van der Waals surface area contributed by atoms with Gasteiger partial charge in [-0.2, -0.15) is 0 Å². The predicted molar refractivity (Wildman–Crippen MR) is 87.5 cm³/mol. The Morgan fingerprint density at radius 2 is 1.65 bits per heavy atom. The van der Waals surface area contributed by atoms with Crippen molar-refractivity contribution in [3.63, 3.8) is 0 Å². The molecule has 0 saturated heterocycles. The molecule has 0 spiro atoms. The van der Waals surface area contributed by atoms with Gasteiger partial charge in [-0.15, -0.1) is 0 Å². The maximum atomic E-state index is 12.1. The molecule has 0 aromatic rings. The maximum absolute atomic E-state index is 12.1. The summed E-state index contributed by atoms with van der Waals surface area (Å²) in [5, 5.41) is 0.140. The average molecular weight is 301 g/mol. The zero-order valence-electron chi connectivity index (χ0n) is 14.7. The Balaban J connectivity index is 5.01. The van der Waals surface area contributed by atoms with E-state index in [0.29, 0.717) is 5.57 Å². The van der Waals surface area contributed by atoms with Crippen molar-refractivity contribution >= 4 is 14.1 Å². The third-order valence-corrected chi connectivity index (χ3v) is 8.92. The standard InChI is InChI=1S/C16H32O3Si/c1-11(2)14(17)12(3)15(18-8)13(4)19-20(9,10)16(5,6)7/h12-13,15H,1H2,2-10H3/t12-,13-,15+/m0/s1. The van der Waals surface area contributed by atoms with Crippen LogP contribution in [0, 0.1) is 5.92 Å². The molecule has 20 heavy (non-hydrogen) atoms. The molecule has 0 unspecified atom stereocenters. The van der Waals surface area contributed by atoms with Crippen LogP contribution >= 0.6 is 0 Å². The van der Waals surface area contributed by atoms with Gasteiger partial charge in [-0.1, -0.05) is 34.3 Å². The maximum Gasteiger partial charge on any atom is 0.192 e. The van der Waals surface area contributed by atoms with Crippen molar-refractivity contribution in [2.24, 2.45) is 5.92 Å². The number of Topliss-reactive ketones (excluding diaryl/α,β-unsaturated/α-hetero) is 1. The number of allylic oxidation sites excluding steroid dienone is 1. The summed E-state index contributed by atoms with van der Waals surface area (Å²) >= 11 is 0. The van der Waals surface area contributed by atoms with E-state index in [1.807, 2.05) is 13.8 Å². The van der Waals surface area contributed by atoms with Crippen molar-refractivity contribution < 1.29 is 14.0 Å². The number of methoxy groups -OCH3 is 1. The van der Waals surface area contributed by atoms with Gasteiger partial charge in [0.25, 0.3) is 0 Å². The summed E-state index contributed by atoms with van der Waals surface area (Å²) in [4.78, 5) is 12.1. The van der Waals surface area contributed by atoms with Gasteiger partial charge in [0, 0.05) is 13.0 Å². The van der Waals surface area contributed by atoms with Gasteiger partial charge < -0.3 is 9.16 Å². The number of carbonyl (C=O) groups excluding carboxylic acids is 1. The Kier molecular flexibility index (Phi) is 6.85. The third-order valence-electron chi connectivity index (χ3n) is 4.35. The summed E-state index contributed by atoms with van der Waals surface area (Å²) in [5.41, 5.74) is 0.569. The van der Waals surface area contributed by atoms with E-state index in [4.69, 9.17) is 9.16 Å². The molecule has 3 atom stereocenters. The van der Waals surface area contributed by atoms with E-state index in [0.717, 1.165) is 0 Å². The highest BCUT2D eigenvalue weighted by Gasteiger charge is 2.41. The van der Waals surface area contributed by atoms with Crippen LogP contribution in [0.15, 0.2) is 12.2 Å². The van der Waals surface area contributed by atoms with Gasteiger partial charge in [0.15, 0.2) is 14.1 Å². The molecular formula is C16H32O3Si. The second kappa shape index (κ2) is 7.01. The normalized spacial score (nSPS) is 17.4. The van der Waals surface area contributed by atoms with Crippen LogP contribution in [0.5, 0.6) is 0 Å². The molecule has 0 aromatic heterocycles. The SMILES string of the molecule is C=C(C)C(=O)[C@H](C)[C@@H](OC)[C@H](C)O[Si](C)(C)C(C)(C)C. The molecule has 3 nitrogen and oxygen atoms in total. The molecule has 0 fully saturated rings. The minimum Gasteiger partial charge on any atom is -0.412 e. The molecule has 0 aliphatic heterocycles. The Morgan fingerprint density at radius 3 is 1.95 bits per heavy atom. The lowest BCUT2D eigenvalue weighted by atomic mass is 9.93. The van der Waals surface area contributed by atoms with Gasteiger partial charge in [-0.05, 0) is 37.6 Å². The predicted octanol–water partition coefficient (Wildman–Crippen LogP) is 4.19. The molecular weight excluding hydrogens is 268 g/mol. The van der Waals surface area contributed by atoms with Crippen molar-refractivity contribution in [3.8, 4) is 0 Å². The van der Waals surface area contributed by atoms with Crippen LogP contribution in [-0.4, -0.2) is 33.4 Å². The number of carbonyl (C=O) groups is 1. The summed E-state index contributed by atoms with van der Waals surface area (Å²) in [6.07, 6.45) is -0.354. The second-order valence-corrected chi connectivity index (χ2v) is 12.0. The third kappa shape index (κ3) is 4.83. The van der Waals surface area contributed by atoms with Crippen LogP contribution in [0.25, 0.3) is 0 Å². The topological polar surface area (TPSA) is 35.5 Å². The smallest absolute Gasteiger partial charge is 0.192 e. The summed E-state index contributed by atoms with van der Waals surface area (Å²) < 4.78 is 11.9. The first-order chi connectivity index (χ1) is 8.85. The Labute approximate surface area is 125 Å². The number of ketones is 1. The van der Waals surface area contributed by atoms with E-state index in [-0.39, 0.29) is 28.9 Å². The number of hydrogen-bond donors (Lipinski definition) is 0. The van der Waals surface area contributed by atoms with Crippen LogP contribution in [-0.2, 0) is 14.0 Å². The fourth-order valence-electron chi connectivity index (χ4n) is 2.05. The van der Waals surface area contributed by atoms with E-state index in [1.165, 1.54) is 0 Å². The van der Waals surface area contributed by atoms with Crippen LogP contribution in [0.3, 0.4) is 0 Å². The van der Waals surface area contributed by atoms with Gasteiger partial charge in [0.1, 0.15) is 0 Å². The molecule has 0 radical (unpaired) electrons. The van der Waals surface area contributed by atoms with E-state index < -0.39 is 8.32 Å². The molecule has 0 bridgehead atoms. The lowest BCUT2D eigenvalue weighted by Gasteiger charge is -2.41. The van der Waals surface area contributed by atoms with E-state index in [2.05, 4.69) is 40.4 Å². The quantitative estimate of drug-likeness (QED) is 0.522. The first-order valence-corrected chi connectivity index (χ1v) is 10.2. The fraction of sp³-hybridized carbons (Fsp3) is 0.812. The molecule has 0 saturated carbocycles. The Bertz CT molecular complexity index is 355. The van der Waals surface area contributed by atoms with Gasteiger partial charge in [0.05, 0.1) is 12.2 Å². The van der Waals surface area contributed by atoms with Gasteiger partial charge in [0.2, 0.25) is 0 Å². The molecule has 0 aliphatic carbocycles. The van der Waals surface area contributed by atoms with Crippen molar-refractivity contribution in [2.45, 2.75) is 71.9 Å². The van der Waals surface area contributed by atoms with Crippen molar-refractivity contribution in [2.75, 3.05) is 7.11 Å². The summed E-state index contributed by atoms with van der Waals surface area (Å²) in [7, 11) is -0.231. The number of hydrogen-bond acceptors (Lipinski definition) is 3. The zero-order chi connectivity index (χ0) is 16.3. The zero-order valence-corrected chi connectivity index (χ0v) is 15.7. The van der Waals surface area contributed by atoms with Crippen LogP contribution in [0.1, 0.15) is 41.5 Å². The molecule has 4 heteroatoms. The molecule has 0 aromatic carbocycles. The lowest BCUT2D eigenvalue weighted by molar-refractivity contribution is -0.126. The highest BCUT2D eigenvalue weighted by Crippen LogP contribution is 2.38. The van der Waals surface area contributed by atoms with Gasteiger partial charge >= 0.3 is 0 Å². The average Bonchev–Trinajstić information content (AvgIpc) is 2.26. The van der Waals surface area contributed by atoms with Crippen LogP contribution < -0.4 is 0 Å². The molecule has 0 rings (SSSR count). The van der Waals surface area contributed by atoms with Crippen molar-refractivity contribution in [1.82, 2.24) is 0 Å². The first kappa shape index (κ1) is 19.5. The molecule has 0 heterocycles. The summed E-state index contributed by atoms with van der Waals surface area (Å²) in [5.74, 6) is -0.195. The van der Waals surface area contributed by atoms with Crippen molar-refractivity contribution in [3.05, 3.63) is 12.2 Å². The highest BCUT2D eigenvalue weighted by molar-refractivity contribution is 6.74. The van der Waals surface area contributed by atoms with Crippen molar-refractivity contribution in [1.29, 1.82) is 0 Å².